The fourth-order valence-corrected chi connectivity index (χ4v) is 3.35. The van der Waals surface area contributed by atoms with E-state index < -0.39 is 0 Å². The van der Waals surface area contributed by atoms with Gasteiger partial charge in [0, 0.05) is 43.9 Å². The Morgan fingerprint density at radius 1 is 1.45 bits per heavy atom. The molecule has 0 bridgehead atoms. The van der Waals surface area contributed by atoms with Crippen LogP contribution in [0.25, 0.3) is 0 Å². The van der Waals surface area contributed by atoms with Crippen LogP contribution < -0.4 is 5.32 Å². The van der Waals surface area contributed by atoms with Crippen molar-refractivity contribution in [2.45, 2.75) is 65.1 Å². The van der Waals surface area contributed by atoms with Crippen LogP contribution in [-0.2, 0) is 17.7 Å². The molecule has 114 valence electrons. The van der Waals surface area contributed by atoms with Crippen LogP contribution in [0.5, 0.6) is 0 Å². The topological polar surface area (TPSA) is 39.1 Å². The highest BCUT2D eigenvalue weighted by atomic mass is 16.5. The van der Waals surface area contributed by atoms with E-state index in [-0.39, 0.29) is 0 Å². The van der Waals surface area contributed by atoms with Crippen molar-refractivity contribution in [1.29, 1.82) is 0 Å². The summed E-state index contributed by atoms with van der Waals surface area (Å²) in [5.41, 5.74) is 0. The van der Waals surface area contributed by atoms with E-state index in [9.17, 15) is 0 Å². The van der Waals surface area contributed by atoms with Crippen molar-refractivity contribution < 1.29 is 4.74 Å². The first kappa shape index (κ1) is 15.5. The molecule has 1 aliphatic rings. The summed E-state index contributed by atoms with van der Waals surface area (Å²) in [5.74, 6) is 1.83. The van der Waals surface area contributed by atoms with Gasteiger partial charge < -0.3 is 14.6 Å². The van der Waals surface area contributed by atoms with Crippen molar-refractivity contribution in [3.05, 3.63) is 18.2 Å². The molecule has 1 saturated heterocycles. The van der Waals surface area contributed by atoms with Gasteiger partial charge in [0.1, 0.15) is 5.82 Å². The zero-order valence-corrected chi connectivity index (χ0v) is 13.1. The van der Waals surface area contributed by atoms with Gasteiger partial charge >= 0.3 is 0 Å². The standard InChI is InChI=1S/C16H29N3O/c1-4-9-19-10-8-18-16(19)12-14(17-6-3)13-7-11-20-15(13)5-2/h8,10,13-15,17H,4-7,9,11-12H2,1-3H3. The highest BCUT2D eigenvalue weighted by Crippen LogP contribution is 2.28. The Hall–Kier alpha value is -0.870. The van der Waals surface area contributed by atoms with Gasteiger partial charge in [0.15, 0.2) is 0 Å². The number of ether oxygens (including phenoxy) is 1. The molecule has 1 aromatic rings. The van der Waals surface area contributed by atoms with Gasteiger partial charge in [-0.1, -0.05) is 20.8 Å². The molecule has 20 heavy (non-hydrogen) atoms. The third-order valence-electron chi connectivity index (χ3n) is 4.31. The van der Waals surface area contributed by atoms with Crippen LogP contribution in [0.1, 0.15) is 45.9 Å². The third-order valence-corrected chi connectivity index (χ3v) is 4.31. The zero-order chi connectivity index (χ0) is 14.4. The lowest BCUT2D eigenvalue weighted by atomic mass is 9.89. The molecule has 0 aliphatic carbocycles. The quantitative estimate of drug-likeness (QED) is 0.795. The van der Waals surface area contributed by atoms with E-state index in [2.05, 4.69) is 41.8 Å². The van der Waals surface area contributed by atoms with Gasteiger partial charge in [-0.15, -0.1) is 0 Å². The third kappa shape index (κ3) is 3.61. The van der Waals surface area contributed by atoms with Crippen molar-refractivity contribution in [2.75, 3.05) is 13.2 Å². The van der Waals surface area contributed by atoms with Crippen LogP contribution in [0.2, 0.25) is 0 Å². The predicted molar refractivity (Wildman–Crippen MR) is 81.8 cm³/mol. The number of imidazole rings is 1. The first-order chi connectivity index (χ1) is 9.80. The largest absolute Gasteiger partial charge is 0.378 e. The van der Waals surface area contributed by atoms with E-state index in [0.717, 1.165) is 39.0 Å². The molecular formula is C16H29N3O. The number of hydrogen-bond donors (Lipinski definition) is 1. The SMILES string of the molecule is CCCn1ccnc1CC(NCC)C1CCOC1CC. The van der Waals surface area contributed by atoms with Crippen LogP contribution >= 0.6 is 0 Å². The summed E-state index contributed by atoms with van der Waals surface area (Å²) in [6.45, 7) is 9.60. The Morgan fingerprint density at radius 2 is 2.30 bits per heavy atom. The van der Waals surface area contributed by atoms with Crippen LogP contribution in [0.3, 0.4) is 0 Å². The molecule has 1 aromatic heterocycles. The second-order valence-electron chi connectivity index (χ2n) is 5.68. The van der Waals surface area contributed by atoms with E-state index in [0.29, 0.717) is 18.1 Å². The molecule has 0 radical (unpaired) electrons. The minimum atomic E-state index is 0.411. The van der Waals surface area contributed by atoms with E-state index in [1.807, 2.05) is 6.20 Å². The average Bonchev–Trinajstić information content (AvgIpc) is 3.08. The molecule has 2 heterocycles. The van der Waals surface area contributed by atoms with Gasteiger partial charge in [-0.05, 0) is 25.8 Å². The van der Waals surface area contributed by atoms with E-state index in [1.165, 1.54) is 12.2 Å². The smallest absolute Gasteiger partial charge is 0.110 e. The maximum atomic E-state index is 5.87. The van der Waals surface area contributed by atoms with Crippen LogP contribution in [0.4, 0.5) is 0 Å². The summed E-state index contributed by atoms with van der Waals surface area (Å²) in [5, 5.41) is 3.66. The lowest BCUT2D eigenvalue weighted by Crippen LogP contribution is -2.42. The van der Waals surface area contributed by atoms with Gasteiger partial charge in [0.05, 0.1) is 6.10 Å². The summed E-state index contributed by atoms with van der Waals surface area (Å²) >= 11 is 0. The summed E-state index contributed by atoms with van der Waals surface area (Å²) in [6, 6.07) is 0.477. The van der Waals surface area contributed by atoms with Gasteiger partial charge in [-0.3, -0.25) is 0 Å². The van der Waals surface area contributed by atoms with Crippen molar-refractivity contribution in [2.24, 2.45) is 5.92 Å². The molecule has 3 unspecified atom stereocenters. The van der Waals surface area contributed by atoms with Gasteiger partial charge in [-0.2, -0.15) is 0 Å². The lowest BCUT2D eigenvalue weighted by Gasteiger charge is -2.28. The average molecular weight is 279 g/mol. The Balaban J connectivity index is 2.06. The predicted octanol–water partition coefficient (Wildman–Crippen LogP) is 2.63. The summed E-state index contributed by atoms with van der Waals surface area (Å²) in [7, 11) is 0. The molecule has 4 nitrogen and oxygen atoms in total. The molecular weight excluding hydrogens is 250 g/mol. The highest BCUT2D eigenvalue weighted by molar-refractivity contribution is 4.99. The minimum Gasteiger partial charge on any atom is -0.378 e. The van der Waals surface area contributed by atoms with Gasteiger partial charge in [0.25, 0.3) is 0 Å². The first-order valence-electron chi connectivity index (χ1n) is 8.15. The fraction of sp³-hybridized carbons (Fsp3) is 0.812. The van der Waals surface area contributed by atoms with Crippen molar-refractivity contribution >= 4 is 0 Å². The maximum absolute atomic E-state index is 5.87. The fourth-order valence-electron chi connectivity index (χ4n) is 3.35. The Labute approximate surface area is 122 Å². The number of nitrogens with one attached hydrogen (secondary N) is 1. The van der Waals surface area contributed by atoms with Crippen LogP contribution in [0.15, 0.2) is 12.4 Å². The number of rotatable bonds is 8. The van der Waals surface area contributed by atoms with E-state index in [4.69, 9.17) is 4.74 Å². The molecule has 1 N–H and O–H groups in total. The first-order valence-corrected chi connectivity index (χ1v) is 8.15. The Bertz CT molecular complexity index is 391. The van der Waals surface area contributed by atoms with Gasteiger partial charge in [-0.25, -0.2) is 4.98 Å². The van der Waals surface area contributed by atoms with E-state index in [1.54, 1.807) is 0 Å². The summed E-state index contributed by atoms with van der Waals surface area (Å²) < 4.78 is 8.16. The van der Waals surface area contributed by atoms with Gasteiger partial charge in [0.2, 0.25) is 0 Å². The highest BCUT2D eigenvalue weighted by Gasteiger charge is 2.33. The Morgan fingerprint density at radius 3 is 3.00 bits per heavy atom. The number of aromatic nitrogens is 2. The normalized spacial score (nSPS) is 24.1. The summed E-state index contributed by atoms with van der Waals surface area (Å²) in [6.07, 6.45) is 8.88. The molecule has 0 spiro atoms. The monoisotopic (exact) mass is 279 g/mol. The van der Waals surface area contributed by atoms with Crippen molar-refractivity contribution in [1.82, 2.24) is 14.9 Å². The Kier molecular flexibility index (Phi) is 6.05. The molecule has 0 saturated carbocycles. The molecule has 4 heteroatoms. The molecule has 2 rings (SSSR count). The molecule has 0 amide bonds. The number of hydrogen-bond acceptors (Lipinski definition) is 3. The van der Waals surface area contributed by atoms with Crippen molar-refractivity contribution in [3.8, 4) is 0 Å². The second kappa shape index (κ2) is 7.79. The maximum Gasteiger partial charge on any atom is 0.110 e. The minimum absolute atomic E-state index is 0.411. The number of likely N-dealkylation sites (N-methyl/N-ethyl adjacent to an activating group) is 1. The van der Waals surface area contributed by atoms with E-state index >= 15 is 0 Å². The number of aryl methyl sites for hydroxylation is 1. The van der Waals surface area contributed by atoms with Crippen molar-refractivity contribution in [3.63, 3.8) is 0 Å². The molecule has 1 aliphatic heterocycles. The zero-order valence-electron chi connectivity index (χ0n) is 13.1. The molecule has 0 aromatic carbocycles. The second-order valence-corrected chi connectivity index (χ2v) is 5.68. The van der Waals surface area contributed by atoms with Crippen LogP contribution in [-0.4, -0.2) is 34.8 Å². The number of nitrogens with zero attached hydrogens (tertiary/aromatic N) is 2. The molecule has 1 fully saturated rings. The lowest BCUT2D eigenvalue weighted by molar-refractivity contribution is 0.0773. The van der Waals surface area contributed by atoms with Crippen LogP contribution in [0, 0.1) is 5.92 Å². The molecule has 3 atom stereocenters. The summed E-state index contributed by atoms with van der Waals surface area (Å²) in [4.78, 5) is 4.56.